The van der Waals surface area contributed by atoms with E-state index in [0.29, 0.717) is 16.8 Å². The largest absolute Gasteiger partial charge is 0.497 e. The lowest BCUT2D eigenvalue weighted by atomic mass is 10.1. The van der Waals surface area contributed by atoms with E-state index in [2.05, 4.69) is 15.3 Å². The molecule has 0 bridgehead atoms. The second kappa shape index (κ2) is 6.35. The number of hydrogen-bond acceptors (Lipinski definition) is 4. The third-order valence-corrected chi connectivity index (χ3v) is 4.74. The SMILES string of the molecule is COc1ccc2oc(C(=O)NC(C)c3ccc4[nH]c(=O)[nH]c4c3)c(C)c2c1. The molecule has 2 heterocycles. The Kier molecular flexibility index (Phi) is 3.99. The summed E-state index contributed by atoms with van der Waals surface area (Å²) in [5, 5.41) is 3.79. The van der Waals surface area contributed by atoms with Gasteiger partial charge < -0.3 is 24.4 Å². The first-order chi connectivity index (χ1) is 13.0. The van der Waals surface area contributed by atoms with Crippen LogP contribution < -0.4 is 15.7 Å². The van der Waals surface area contributed by atoms with Crippen LogP contribution in [0.25, 0.3) is 22.0 Å². The fourth-order valence-corrected chi connectivity index (χ4v) is 3.21. The highest BCUT2D eigenvalue weighted by molar-refractivity contribution is 5.99. The van der Waals surface area contributed by atoms with Gasteiger partial charge in [0.05, 0.1) is 24.2 Å². The van der Waals surface area contributed by atoms with Crippen molar-refractivity contribution in [3.63, 3.8) is 0 Å². The molecule has 3 N–H and O–H groups in total. The number of aromatic nitrogens is 2. The number of benzene rings is 2. The summed E-state index contributed by atoms with van der Waals surface area (Å²) in [5.74, 6) is 0.694. The number of H-pyrrole nitrogens is 2. The van der Waals surface area contributed by atoms with E-state index in [1.54, 1.807) is 19.2 Å². The zero-order valence-corrected chi connectivity index (χ0v) is 15.2. The van der Waals surface area contributed by atoms with Gasteiger partial charge in [0.25, 0.3) is 5.91 Å². The number of ether oxygens (including phenoxy) is 1. The van der Waals surface area contributed by atoms with Crippen molar-refractivity contribution in [3.05, 3.63) is 63.8 Å². The van der Waals surface area contributed by atoms with Crippen LogP contribution in [0, 0.1) is 6.92 Å². The normalized spacial score (nSPS) is 12.4. The maximum Gasteiger partial charge on any atom is 0.323 e. The molecule has 0 spiro atoms. The van der Waals surface area contributed by atoms with E-state index in [9.17, 15) is 9.59 Å². The predicted octanol–water partition coefficient (Wildman–Crippen LogP) is 3.41. The van der Waals surface area contributed by atoms with Crippen LogP contribution in [0.1, 0.15) is 34.6 Å². The molecule has 4 rings (SSSR count). The molecule has 0 saturated heterocycles. The second-order valence-corrected chi connectivity index (χ2v) is 6.50. The first-order valence-electron chi connectivity index (χ1n) is 8.56. The molecule has 7 heteroatoms. The Balaban J connectivity index is 1.61. The Bertz CT molecular complexity index is 1220. The molecule has 0 aliphatic rings. The molecule has 27 heavy (non-hydrogen) atoms. The molecular formula is C20H19N3O4. The molecule has 2 aromatic heterocycles. The molecule has 1 atom stereocenters. The third-order valence-electron chi connectivity index (χ3n) is 4.74. The van der Waals surface area contributed by atoms with Crippen molar-refractivity contribution in [2.24, 2.45) is 0 Å². The highest BCUT2D eigenvalue weighted by Crippen LogP contribution is 2.29. The number of carbonyl (C=O) groups is 1. The van der Waals surface area contributed by atoms with Crippen molar-refractivity contribution >= 4 is 27.9 Å². The van der Waals surface area contributed by atoms with Gasteiger partial charge in [0.15, 0.2) is 5.76 Å². The van der Waals surface area contributed by atoms with E-state index in [4.69, 9.17) is 9.15 Å². The van der Waals surface area contributed by atoms with Gasteiger partial charge in [0.1, 0.15) is 11.3 Å². The average Bonchev–Trinajstić information content (AvgIpc) is 3.19. The number of aryl methyl sites for hydroxylation is 1. The lowest BCUT2D eigenvalue weighted by Gasteiger charge is -2.13. The summed E-state index contributed by atoms with van der Waals surface area (Å²) < 4.78 is 11.0. The second-order valence-electron chi connectivity index (χ2n) is 6.50. The number of nitrogens with one attached hydrogen (secondary N) is 3. The Morgan fingerprint density at radius 3 is 2.70 bits per heavy atom. The van der Waals surface area contributed by atoms with Crippen LogP contribution in [0.15, 0.2) is 45.6 Å². The summed E-state index contributed by atoms with van der Waals surface area (Å²) in [6, 6.07) is 10.7. The van der Waals surface area contributed by atoms with Gasteiger partial charge in [-0.1, -0.05) is 6.07 Å². The minimum atomic E-state index is -0.294. The van der Waals surface area contributed by atoms with Gasteiger partial charge in [-0.25, -0.2) is 4.79 Å². The zero-order valence-electron chi connectivity index (χ0n) is 15.2. The van der Waals surface area contributed by atoms with E-state index in [1.165, 1.54) is 0 Å². The average molecular weight is 365 g/mol. The summed E-state index contributed by atoms with van der Waals surface area (Å²) in [6.45, 7) is 3.73. The molecule has 0 radical (unpaired) electrons. The number of amides is 1. The highest BCUT2D eigenvalue weighted by Gasteiger charge is 2.20. The molecule has 0 fully saturated rings. The van der Waals surface area contributed by atoms with Crippen molar-refractivity contribution < 1.29 is 13.9 Å². The van der Waals surface area contributed by atoms with E-state index < -0.39 is 0 Å². The minimum Gasteiger partial charge on any atom is -0.497 e. The lowest BCUT2D eigenvalue weighted by Crippen LogP contribution is -2.26. The lowest BCUT2D eigenvalue weighted by molar-refractivity contribution is 0.0913. The smallest absolute Gasteiger partial charge is 0.323 e. The molecule has 0 aliphatic heterocycles. The zero-order chi connectivity index (χ0) is 19.1. The molecule has 0 saturated carbocycles. The first kappa shape index (κ1) is 17.0. The topological polar surface area (TPSA) is 100 Å². The Labute approximate surface area is 154 Å². The van der Waals surface area contributed by atoms with Crippen LogP contribution in [0.5, 0.6) is 5.75 Å². The van der Waals surface area contributed by atoms with Crippen LogP contribution >= 0.6 is 0 Å². The maximum absolute atomic E-state index is 12.7. The van der Waals surface area contributed by atoms with E-state index >= 15 is 0 Å². The first-order valence-corrected chi connectivity index (χ1v) is 8.56. The summed E-state index contributed by atoms with van der Waals surface area (Å²) in [7, 11) is 1.60. The number of imidazole rings is 1. The van der Waals surface area contributed by atoms with Gasteiger partial charge >= 0.3 is 5.69 Å². The predicted molar refractivity (Wildman–Crippen MR) is 102 cm³/mol. The third kappa shape index (κ3) is 2.97. The van der Waals surface area contributed by atoms with Gasteiger partial charge in [-0.15, -0.1) is 0 Å². The van der Waals surface area contributed by atoms with Crippen LogP contribution in [-0.2, 0) is 0 Å². The van der Waals surface area contributed by atoms with Crippen LogP contribution in [0.3, 0.4) is 0 Å². The van der Waals surface area contributed by atoms with Crippen molar-refractivity contribution in [1.82, 2.24) is 15.3 Å². The van der Waals surface area contributed by atoms with E-state index in [0.717, 1.165) is 22.0 Å². The molecule has 138 valence electrons. The van der Waals surface area contributed by atoms with Crippen molar-refractivity contribution in [2.75, 3.05) is 7.11 Å². The van der Waals surface area contributed by atoms with Crippen molar-refractivity contribution in [1.29, 1.82) is 0 Å². The van der Waals surface area contributed by atoms with Gasteiger partial charge in [0.2, 0.25) is 0 Å². The summed E-state index contributed by atoms with van der Waals surface area (Å²) in [6.07, 6.45) is 0. The summed E-state index contributed by atoms with van der Waals surface area (Å²) in [5.41, 5.74) is 3.44. The maximum atomic E-state index is 12.7. The van der Waals surface area contributed by atoms with Crippen LogP contribution in [-0.4, -0.2) is 23.0 Å². The number of fused-ring (bicyclic) bond motifs is 2. The van der Waals surface area contributed by atoms with Crippen LogP contribution in [0.4, 0.5) is 0 Å². The summed E-state index contributed by atoms with van der Waals surface area (Å²) in [4.78, 5) is 29.6. The summed E-state index contributed by atoms with van der Waals surface area (Å²) >= 11 is 0. The number of carbonyl (C=O) groups excluding carboxylic acids is 1. The number of furan rings is 1. The molecule has 1 amide bonds. The standard InChI is InChI=1S/C20H19N3O4/c1-10-14-9-13(26-3)5-7-17(14)27-18(10)19(24)21-11(2)12-4-6-15-16(8-12)23-20(25)22-15/h4-9,11H,1-3H3,(H,21,24)(H2,22,23,25). The van der Waals surface area contributed by atoms with Gasteiger partial charge in [-0.2, -0.15) is 0 Å². The number of aromatic amines is 2. The molecule has 1 unspecified atom stereocenters. The quantitative estimate of drug-likeness (QED) is 0.516. The van der Waals surface area contributed by atoms with Gasteiger partial charge in [-0.05, 0) is 49.7 Å². The fraction of sp³-hybridized carbons (Fsp3) is 0.200. The van der Waals surface area contributed by atoms with E-state index in [1.807, 2.05) is 38.1 Å². The highest BCUT2D eigenvalue weighted by atomic mass is 16.5. The minimum absolute atomic E-state index is 0.257. The monoisotopic (exact) mass is 365 g/mol. The fourth-order valence-electron chi connectivity index (χ4n) is 3.21. The van der Waals surface area contributed by atoms with Crippen LogP contribution in [0.2, 0.25) is 0 Å². The molecular weight excluding hydrogens is 346 g/mol. The van der Waals surface area contributed by atoms with Gasteiger partial charge in [-0.3, -0.25) is 4.79 Å². The molecule has 4 aromatic rings. The Hall–Kier alpha value is -3.48. The van der Waals surface area contributed by atoms with Crippen molar-refractivity contribution in [3.8, 4) is 5.75 Å². The number of hydrogen-bond donors (Lipinski definition) is 3. The Morgan fingerprint density at radius 1 is 1.15 bits per heavy atom. The molecule has 0 aliphatic carbocycles. The molecule has 7 nitrogen and oxygen atoms in total. The number of rotatable bonds is 4. The van der Waals surface area contributed by atoms with Crippen molar-refractivity contribution in [2.45, 2.75) is 19.9 Å². The van der Waals surface area contributed by atoms with Gasteiger partial charge in [0, 0.05) is 10.9 Å². The number of methoxy groups -OCH3 is 1. The Morgan fingerprint density at radius 2 is 1.93 bits per heavy atom. The molecule has 2 aromatic carbocycles. The van der Waals surface area contributed by atoms with E-state index in [-0.39, 0.29) is 23.4 Å².